The Kier molecular flexibility index (Phi) is 4.11. The molecule has 0 aliphatic carbocycles. The van der Waals surface area contributed by atoms with E-state index in [9.17, 15) is 13.2 Å². The number of ether oxygens (including phenoxy) is 2. The number of hydrogen-bond donors (Lipinski definition) is 0. The van der Waals surface area contributed by atoms with E-state index in [2.05, 4.69) is 0 Å². The van der Waals surface area contributed by atoms with Crippen LogP contribution in [0.2, 0.25) is 0 Å². The van der Waals surface area contributed by atoms with Crippen molar-refractivity contribution in [3.05, 3.63) is 47.5 Å². The fourth-order valence-electron chi connectivity index (χ4n) is 2.87. The van der Waals surface area contributed by atoms with Gasteiger partial charge < -0.3 is 9.47 Å². The molecular weight excluding hydrogens is 340 g/mol. The van der Waals surface area contributed by atoms with E-state index in [1.54, 1.807) is 24.3 Å². The lowest BCUT2D eigenvalue weighted by molar-refractivity contribution is 0.0617. The molecule has 0 N–H and O–H groups in total. The smallest absolute Gasteiger partial charge is 0.210 e. The second-order valence-electron chi connectivity index (χ2n) is 6.78. The van der Waals surface area contributed by atoms with E-state index >= 15 is 0 Å². The van der Waals surface area contributed by atoms with Gasteiger partial charge in [0.25, 0.3) is 0 Å². The third kappa shape index (κ3) is 3.14. The monoisotopic (exact) mass is 360 g/mol. The molecule has 0 unspecified atom stereocenters. The van der Waals surface area contributed by atoms with E-state index in [1.165, 1.54) is 19.2 Å². The Bertz CT molecular complexity index is 941. The maximum atomic E-state index is 13.0. The van der Waals surface area contributed by atoms with Gasteiger partial charge in [0.2, 0.25) is 9.84 Å². The van der Waals surface area contributed by atoms with E-state index < -0.39 is 15.4 Å². The number of aryl methyl sites for hydroxylation is 1. The van der Waals surface area contributed by atoms with Crippen molar-refractivity contribution < 1.29 is 22.7 Å². The third-order valence-corrected chi connectivity index (χ3v) is 5.95. The zero-order valence-electron chi connectivity index (χ0n) is 14.6. The molecule has 132 valence electrons. The molecule has 0 amide bonds. The highest BCUT2D eigenvalue weighted by Crippen LogP contribution is 2.40. The van der Waals surface area contributed by atoms with E-state index in [-0.39, 0.29) is 33.3 Å². The molecule has 0 fully saturated rings. The summed E-state index contributed by atoms with van der Waals surface area (Å²) in [5.74, 6) is 0.361. The van der Waals surface area contributed by atoms with Crippen LogP contribution in [0, 0.1) is 6.92 Å². The molecule has 5 nitrogen and oxygen atoms in total. The van der Waals surface area contributed by atoms with E-state index in [0.29, 0.717) is 5.75 Å². The Morgan fingerprint density at radius 2 is 1.76 bits per heavy atom. The second-order valence-corrected chi connectivity index (χ2v) is 8.70. The summed E-state index contributed by atoms with van der Waals surface area (Å²) in [5, 5.41) is 0. The van der Waals surface area contributed by atoms with Crippen molar-refractivity contribution in [3.63, 3.8) is 0 Å². The molecular formula is C19H20O5S. The number of rotatable bonds is 3. The minimum Gasteiger partial charge on any atom is -0.495 e. The summed E-state index contributed by atoms with van der Waals surface area (Å²) >= 11 is 0. The number of Topliss-reactive ketones (excluding diaryl/α,β-unsaturated/α-hetero) is 1. The van der Waals surface area contributed by atoms with Crippen molar-refractivity contribution in [2.45, 2.75) is 42.6 Å². The van der Waals surface area contributed by atoms with Crippen LogP contribution in [-0.2, 0) is 9.84 Å². The van der Waals surface area contributed by atoms with Gasteiger partial charge in [-0.3, -0.25) is 4.79 Å². The summed E-state index contributed by atoms with van der Waals surface area (Å²) in [6, 6.07) is 9.40. The number of ketones is 1. The van der Waals surface area contributed by atoms with Crippen LogP contribution in [0.1, 0.15) is 36.2 Å². The predicted octanol–water partition coefficient (Wildman–Crippen LogP) is 3.58. The standard InChI is InChI=1S/C19H20O5S/c1-12-5-7-13(8-6-12)25(21,22)18-9-14-15(20)11-19(2,3)24-16(14)10-17(18)23-4/h5-10H,11H2,1-4H3. The lowest BCUT2D eigenvalue weighted by Gasteiger charge is -2.32. The van der Waals surface area contributed by atoms with Gasteiger partial charge in [-0.15, -0.1) is 0 Å². The molecule has 2 aromatic rings. The van der Waals surface area contributed by atoms with E-state index in [4.69, 9.17) is 9.47 Å². The zero-order valence-corrected chi connectivity index (χ0v) is 15.4. The van der Waals surface area contributed by atoms with Gasteiger partial charge in [0, 0.05) is 6.07 Å². The van der Waals surface area contributed by atoms with E-state index in [0.717, 1.165) is 5.56 Å². The molecule has 2 aromatic carbocycles. The molecule has 0 spiro atoms. The van der Waals surface area contributed by atoms with Crippen LogP contribution in [0.15, 0.2) is 46.2 Å². The normalized spacial score (nSPS) is 16.1. The Morgan fingerprint density at radius 3 is 2.36 bits per heavy atom. The predicted molar refractivity (Wildman–Crippen MR) is 93.3 cm³/mol. The number of methoxy groups -OCH3 is 1. The van der Waals surface area contributed by atoms with Crippen LogP contribution in [0.25, 0.3) is 0 Å². The quantitative estimate of drug-likeness (QED) is 0.837. The van der Waals surface area contributed by atoms with E-state index in [1.807, 2.05) is 20.8 Å². The van der Waals surface area contributed by atoms with Gasteiger partial charge in [-0.1, -0.05) is 17.7 Å². The summed E-state index contributed by atoms with van der Waals surface area (Å²) in [4.78, 5) is 12.6. The lowest BCUT2D eigenvalue weighted by atomic mass is 9.93. The van der Waals surface area contributed by atoms with Crippen LogP contribution in [-0.4, -0.2) is 26.9 Å². The Hall–Kier alpha value is -2.34. The van der Waals surface area contributed by atoms with Gasteiger partial charge in [-0.2, -0.15) is 0 Å². The number of fused-ring (bicyclic) bond motifs is 1. The number of hydrogen-bond acceptors (Lipinski definition) is 5. The molecule has 1 aliphatic heterocycles. The number of carbonyl (C=O) groups is 1. The highest BCUT2D eigenvalue weighted by molar-refractivity contribution is 7.91. The minimum absolute atomic E-state index is 0.0331. The Balaban J connectivity index is 2.19. The molecule has 0 aromatic heterocycles. The summed E-state index contributed by atoms with van der Waals surface area (Å²) in [6.07, 6.45) is 0.191. The molecule has 0 saturated heterocycles. The molecule has 0 saturated carbocycles. The number of carbonyl (C=O) groups excluding carboxylic acids is 1. The molecule has 0 bridgehead atoms. The van der Waals surface area contributed by atoms with Crippen LogP contribution in [0.5, 0.6) is 11.5 Å². The number of benzene rings is 2. The van der Waals surface area contributed by atoms with Gasteiger partial charge in [0.05, 0.1) is 24.0 Å². The molecule has 3 rings (SSSR count). The molecule has 1 aliphatic rings. The third-order valence-electron chi connectivity index (χ3n) is 4.16. The fourth-order valence-corrected chi connectivity index (χ4v) is 4.30. The summed E-state index contributed by atoms with van der Waals surface area (Å²) in [5.41, 5.74) is 0.597. The Morgan fingerprint density at radius 1 is 1.12 bits per heavy atom. The van der Waals surface area contributed by atoms with Gasteiger partial charge in [-0.05, 0) is 39.0 Å². The second kappa shape index (κ2) is 5.88. The largest absolute Gasteiger partial charge is 0.495 e. The molecule has 6 heteroatoms. The molecule has 25 heavy (non-hydrogen) atoms. The lowest BCUT2D eigenvalue weighted by Crippen LogP contribution is -2.36. The average Bonchev–Trinajstić information content (AvgIpc) is 2.53. The van der Waals surface area contributed by atoms with Crippen molar-refractivity contribution in [1.82, 2.24) is 0 Å². The summed E-state index contributed by atoms with van der Waals surface area (Å²) in [7, 11) is -2.42. The van der Waals surface area contributed by atoms with Crippen molar-refractivity contribution >= 4 is 15.6 Å². The Labute approximate surface area is 147 Å². The van der Waals surface area contributed by atoms with Gasteiger partial charge in [-0.25, -0.2) is 8.42 Å². The van der Waals surface area contributed by atoms with Crippen LogP contribution >= 0.6 is 0 Å². The topological polar surface area (TPSA) is 69.7 Å². The highest BCUT2D eigenvalue weighted by atomic mass is 32.2. The van der Waals surface area contributed by atoms with Crippen LogP contribution in [0.3, 0.4) is 0 Å². The zero-order chi connectivity index (χ0) is 18.4. The maximum Gasteiger partial charge on any atom is 0.210 e. The maximum absolute atomic E-state index is 13.0. The average molecular weight is 360 g/mol. The van der Waals surface area contributed by atoms with Crippen LogP contribution in [0.4, 0.5) is 0 Å². The highest BCUT2D eigenvalue weighted by Gasteiger charge is 2.35. The van der Waals surface area contributed by atoms with Gasteiger partial charge >= 0.3 is 0 Å². The van der Waals surface area contributed by atoms with Gasteiger partial charge in [0.15, 0.2) is 5.78 Å². The van der Waals surface area contributed by atoms with Crippen molar-refractivity contribution in [2.75, 3.05) is 7.11 Å². The summed E-state index contributed by atoms with van der Waals surface area (Å²) in [6.45, 7) is 5.52. The molecule has 1 heterocycles. The van der Waals surface area contributed by atoms with Crippen molar-refractivity contribution in [1.29, 1.82) is 0 Å². The molecule has 0 atom stereocenters. The first-order chi connectivity index (χ1) is 11.6. The first-order valence-corrected chi connectivity index (χ1v) is 9.38. The molecule has 0 radical (unpaired) electrons. The SMILES string of the molecule is COc1cc2c(cc1S(=O)(=O)c1ccc(C)cc1)C(=O)CC(C)(C)O2. The summed E-state index contributed by atoms with van der Waals surface area (Å²) < 4.78 is 37.1. The van der Waals surface area contributed by atoms with Crippen molar-refractivity contribution in [2.24, 2.45) is 0 Å². The first-order valence-electron chi connectivity index (χ1n) is 7.90. The number of sulfone groups is 1. The van der Waals surface area contributed by atoms with Crippen LogP contribution < -0.4 is 9.47 Å². The first kappa shape index (κ1) is 17.5. The fraction of sp³-hybridized carbons (Fsp3) is 0.316. The minimum atomic E-state index is -3.82. The van der Waals surface area contributed by atoms with Crippen molar-refractivity contribution in [3.8, 4) is 11.5 Å². The van der Waals surface area contributed by atoms with Gasteiger partial charge in [0.1, 0.15) is 22.0 Å².